The Balaban J connectivity index is 1.44. The molecule has 2 aromatic carbocycles. The fraction of sp³-hybridized carbons (Fsp3) is 0.368. The molecule has 2 heterocycles. The Morgan fingerprint density at radius 3 is 2.93 bits per heavy atom. The van der Waals surface area contributed by atoms with E-state index in [2.05, 4.69) is 33.7 Å². The number of amides is 1. The second kappa shape index (κ2) is 7.71. The minimum absolute atomic E-state index is 0.0873. The minimum Gasteiger partial charge on any atom is -0.497 e. The molecule has 1 fully saturated rings. The van der Waals surface area contributed by atoms with Crippen LogP contribution in [0, 0.1) is 0 Å². The van der Waals surface area contributed by atoms with Gasteiger partial charge in [0.2, 0.25) is 5.91 Å². The lowest BCUT2D eigenvalue weighted by atomic mass is 10.0. The first kappa shape index (κ1) is 17.4. The van der Waals surface area contributed by atoms with Crippen molar-refractivity contribution >= 4 is 16.7 Å². The Morgan fingerprint density at radius 2 is 2.11 bits per heavy atom. The molecule has 1 atom stereocenters. The Kier molecular flexibility index (Phi) is 4.97. The van der Waals surface area contributed by atoms with E-state index in [0.29, 0.717) is 32.7 Å². The van der Waals surface area contributed by atoms with Crippen molar-refractivity contribution in [1.29, 1.82) is 0 Å². The molecule has 140 valence electrons. The topological polar surface area (TPSA) is 82.4 Å². The van der Waals surface area contributed by atoms with E-state index in [1.165, 1.54) is 6.33 Å². The standard InChI is InChI=1S/C19H21N5O3/c1-26-17-5-4-14-10-16(3-2-15(14)11-17)18-12-23(8-9-27-18)19(25)6-7-24-13-20-21-22-24/h2-5,10-11,13,18H,6-9,12H2,1H3/t18-/m1/s1. The van der Waals surface area contributed by atoms with Crippen LogP contribution in [-0.4, -0.2) is 57.8 Å². The number of fused-ring (bicyclic) bond motifs is 1. The largest absolute Gasteiger partial charge is 0.497 e. The van der Waals surface area contributed by atoms with E-state index in [-0.39, 0.29) is 12.0 Å². The van der Waals surface area contributed by atoms with Gasteiger partial charge in [-0.15, -0.1) is 5.10 Å². The van der Waals surface area contributed by atoms with Crippen LogP contribution in [-0.2, 0) is 16.1 Å². The summed E-state index contributed by atoms with van der Waals surface area (Å²) < 4.78 is 12.8. The van der Waals surface area contributed by atoms with Gasteiger partial charge in [0.1, 0.15) is 18.2 Å². The van der Waals surface area contributed by atoms with Crippen LogP contribution in [0.25, 0.3) is 10.8 Å². The minimum atomic E-state index is -0.123. The van der Waals surface area contributed by atoms with Gasteiger partial charge in [0.05, 0.1) is 26.8 Å². The van der Waals surface area contributed by atoms with Crippen LogP contribution in [0.2, 0.25) is 0 Å². The zero-order valence-corrected chi connectivity index (χ0v) is 15.1. The molecule has 0 N–H and O–H groups in total. The molecule has 0 spiro atoms. The summed E-state index contributed by atoms with van der Waals surface area (Å²) in [4.78, 5) is 14.4. The number of methoxy groups -OCH3 is 1. The zero-order chi connectivity index (χ0) is 18.6. The molecular weight excluding hydrogens is 346 g/mol. The number of ether oxygens (including phenoxy) is 2. The highest BCUT2D eigenvalue weighted by Gasteiger charge is 2.25. The number of rotatable bonds is 5. The smallest absolute Gasteiger partial charge is 0.224 e. The molecule has 0 saturated carbocycles. The summed E-state index contributed by atoms with van der Waals surface area (Å²) >= 11 is 0. The maximum Gasteiger partial charge on any atom is 0.224 e. The summed E-state index contributed by atoms with van der Waals surface area (Å²) in [7, 11) is 1.66. The first-order valence-electron chi connectivity index (χ1n) is 8.91. The molecule has 1 saturated heterocycles. The van der Waals surface area contributed by atoms with Gasteiger partial charge in [-0.05, 0) is 45.0 Å². The third-order valence-corrected chi connectivity index (χ3v) is 4.81. The third-order valence-electron chi connectivity index (χ3n) is 4.81. The molecule has 0 radical (unpaired) electrons. The van der Waals surface area contributed by atoms with Crippen LogP contribution in [0.3, 0.4) is 0 Å². The van der Waals surface area contributed by atoms with Crippen LogP contribution < -0.4 is 4.74 Å². The quantitative estimate of drug-likeness (QED) is 0.684. The van der Waals surface area contributed by atoms with Gasteiger partial charge in [0.15, 0.2) is 0 Å². The summed E-state index contributed by atoms with van der Waals surface area (Å²) in [5, 5.41) is 13.2. The number of carbonyl (C=O) groups is 1. The first-order valence-corrected chi connectivity index (χ1v) is 8.91. The lowest BCUT2D eigenvalue weighted by molar-refractivity contribution is -0.139. The zero-order valence-electron chi connectivity index (χ0n) is 15.1. The van der Waals surface area contributed by atoms with E-state index in [9.17, 15) is 4.79 Å². The average molecular weight is 367 g/mol. The highest BCUT2D eigenvalue weighted by molar-refractivity contribution is 5.84. The van der Waals surface area contributed by atoms with Crippen molar-refractivity contribution in [2.24, 2.45) is 0 Å². The molecule has 3 aromatic rings. The summed E-state index contributed by atoms with van der Waals surface area (Å²) in [6.07, 6.45) is 1.76. The summed E-state index contributed by atoms with van der Waals surface area (Å²) in [6.45, 7) is 2.17. The van der Waals surface area contributed by atoms with Crippen molar-refractivity contribution < 1.29 is 14.3 Å². The van der Waals surface area contributed by atoms with Crippen molar-refractivity contribution in [2.45, 2.75) is 19.1 Å². The highest BCUT2D eigenvalue weighted by atomic mass is 16.5. The molecule has 0 bridgehead atoms. The monoisotopic (exact) mass is 367 g/mol. The van der Waals surface area contributed by atoms with Crippen molar-refractivity contribution in [3.63, 3.8) is 0 Å². The number of hydrogen-bond acceptors (Lipinski definition) is 6. The Labute approximate surface area is 156 Å². The van der Waals surface area contributed by atoms with Gasteiger partial charge in [-0.1, -0.05) is 18.2 Å². The molecular formula is C19H21N5O3. The number of aromatic nitrogens is 4. The maximum absolute atomic E-state index is 12.5. The molecule has 4 rings (SSSR count). The van der Waals surface area contributed by atoms with Gasteiger partial charge in [-0.3, -0.25) is 4.79 Å². The number of benzene rings is 2. The van der Waals surface area contributed by atoms with Crippen LogP contribution in [0.4, 0.5) is 0 Å². The average Bonchev–Trinajstić information content (AvgIpc) is 3.25. The van der Waals surface area contributed by atoms with Crippen molar-refractivity contribution in [3.8, 4) is 5.75 Å². The third kappa shape index (κ3) is 3.90. The van der Waals surface area contributed by atoms with Crippen molar-refractivity contribution in [2.75, 3.05) is 26.8 Å². The summed E-state index contributed by atoms with van der Waals surface area (Å²) in [5.41, 5.74) is 1.07. The molecule has 8 heteroatoms. The molecule has 8 nitrogen and oxygen atoms in total. The lowest BCUT2D eigenvalue weighted by Crippen LogP contribution is -2.42. The van der Waals surface area contributed by atoms with Gasteiger partial charge in [-0.25, -0.2) is 4.68 Å². The van der Waals surface area contributed by atoms with Gasteiger partial charge in [-0.2, -0.15) is 0 Å². The number of hydrogen-bond donors (Lipinski definition) is 0. The van der Waals surface area contributed by atoms with Crippen molar-refractivity contribution in [1.82, 2.24) is 25.1 Å². The highest BCUT2D eigenvalue weighted by Crippen LogP contribution is 2.28. The Hall–Kier alpha value is -3.00. The SMILES string of the molecule is COc1ccc2cc([C@H]3CN(C(=O)CCn4cnnn4)CCO3)ccc2c1. The van der Waals surface area contributed by atoms with E-state index >= 15 is 0 Å². The van der Waals surface area contributed by atoms with Crippen LogP contribution >= 0.6 is 0 Å². The number of morpholine rings is 1. The van der Waals surface area contributed by atoms with Gasteiger partial charge in [0, 0.05) is 13.0 Å². The fourth-order valence-corrected chi connectivity index (χ4v) is 3.30. The fourth-order valence-electron chi connectivity index (χ4n) is 3.30. The number of carbonyl (C=O) groups excluding carboxylic acids is 1. The van der Waals surface area contributed by atoms with Crippen LogP contribution in [0.1, 0.15) is 18.1 Å². The van der Waals surface area contributed by atoms with Gasteiger partial charge in [0.25, 0.3) is 0 Å². The molecule has 0 aliphatic carbocycles. The Morgan fingerprint density at radius 1 is 1.26 bits per heavy atom. The second-order valence-corrected chi connectivity index (χ2v) is 6.49. The predicted molar refractivity (Wildman–Crippen MR) is 98.2 cm³/mol. The normalized spacial score (nSPS) is 17.2. The molecule has 1 amide bonds. The molecule has 1 aliphatic rings. The van der Waals surface area contributed by atoms with E-state index in [0.717, 1.165) is 22.1 Å². The number of aryl methyl sites for hydroxylation is 1. The molecule has 0 unspecified atom stereocenters. The first-order chi connectivity index (χ1) is 13.2. The van der Waals surface area contributed by atoms with Crippen molar-refractivity contribution in [3.05, 3.63) is 48.3 Å². The molecule has 1 aromatic heterocycles. The summed E-state index contributed by atoms with van der Waals surface area (Å²) in [5.74, 6) is 0.924. The number of nitrogens with zero attached hydrogens (tertiary/aromatic N) is 5. The lowest BCUT2D eigenvalue weighted by Gasteiger charge is -2.33. The maximum atomic E-state index is 12.5. The molecule has 1 aliphatic heterocycles. The van der Waals surface area contributed by atoms with E-state index in [4.69, 9.17) is 9.47 Å². The van der Waals surface area contributed by atoms with Gasteiger partial charge < -0.3 is 14.4 Å². The van der Waals surface area contributed by atoms with Gasteiger partial charge >= 0.3 is 0 Å². The van der Waals surface area contributed by atoms with E-state index in [1.54, 1.807) is 11.8 Å². The van der Waals surface area contributed by atoms with E-state index < -0.39 is 0 Å². The summed E-state index contributed by atoms with van der Waals surface area (Å²) in [6, 6.07) is 12.2. The Bertz CT molecular complexity index is 928. The number of tetrazole rings is 1. The van der Waals surface area contributed by atoms with Crippen LogP contribution in [0.5, 0.6) is 5.75 Å². The second-order valence-electron chi connectivity index (χ2n) is 6.49. The molecule has 27 heavy (non-hydrogen) atoms. The predicted octanol–water partition coefficient (Wildman–Crippen LogP) is 1.83. The van der Waals surface area contributed by atoms with Crippen LogP contribution in [0.15, 0.2) is 42.7 Å². The van der Waals surface area contributed by atoms with E-state index in [1.807, 2.05) is 23.1 Å².